The summed E-state index contributed by atoms with van der Waals surface area (Å²) >= 11 is 1.35. The van der Waals surface area contributed by atoms with Gasteiger partial charge in [-0.3, -0.25) is 9.36 Å². The van der Waals surface area contributed by atoms with Gasteiger partial charge in [-0.2, -0.15) is 0 Å². The van der Waals surface area contributed by atoms with Crippen LogP contribution < -0.4 is 11.2 Å². The average Bonchev–Trinajstić information content (AvgIpc) is 3.17. The fourth-order valence-corrected chi connectivity index (χ4v) is 3.57. The van der Waals surface area contributed by atoms with Crippen LogP contribution >= 0.6 is 11.3 Å². The molecule has 0 amide bonds. The Labute approximate surface area is 134 Å². The second-order valence-corrected chi connectivity index (χ2v) is 6.16. The van der Waals surface area contributed by atoms with Crippen LogP contribution in [0.5, 0.6) is 0 Å². The number of hydrogen-bond donors (Lipinski definition) is 0. The highest BCUT2D eigenvalue weighted by Crippen LogP contribution is 2.17. The summed E-state index contributed by atoms with van der Waals surface area (Å²) in [5.41, 5.74) is 1.29. The number of rotatable bonds is 3. The molecular formula is C16H14N4O2S. The van der Waals surface area contributed by atoms with Gasteiger partial charge in [-0.05, 0) is 23.9 Å². The van der Waals surface area contributed by atoms with Gasteiger partial charge in [0, 0.05) is 6.54 Å². The largest absolute Gasteiger partial charge is 0.352 e. The van der Waals surface area contributed by atoms with Crippen LogP contribution in [0.1, 0.15) is 12.5 Å². The van der Waals surface area contributed by atoms with Crippen LogP contribution in [0.4, 0.5) is 0 Å². The Bertz CT molecular complexity index is 1120. The van der Waals surface area contributed by atoms with E-state index in [0.29, 0.717) is 29.1 Å². The molecule has 0 aliphatic heterocycles. The normalized spacial score (nSPS) is 11.5. The molecule has 0 unspecified atom stereocenters. The van der Waals surface area contributed by atoms with Crippen molar-refractivity contribution in [2.45, 2.75) is 20.0 Å². The van der Waals surface area contributed by atoms with Gasteiger partial charge in [0.1, 0.15) is 4.70 Å². The molecule has 3 heterocycles. The van der Waals surface area contributed by atoms with Gasteiger partial charge < -0.3 is 0 Å². The maximum Gasteiger partial charge on any atom is 0.352 e. The van der Waals surface area contributed by atoms with Crippen molar-refractivity contribution in [1.29, 1.82) is 0 Å². The molecule has 0 N–H and O–H groups in total. The predicted octanol–water partition coefficient (Wildman–Crippen LogP) is 1.94. The van der Waals surface area contributed by atoms with E-state index in [1.54, 1.807) is 10.6 Å². The van der Waals surface area contributed by atoms with Crippen LogP contribution in [0.3, 0.4) is 0 Å². The van der Waals surface area contributed by atoms with E-state index in [9.17, 15) is 9.59 Å². The lowest BCUT2D eigenvalue weighted by molar-refractivity contribution is 0.630. The van der Waals surface area contributed by atoms with Crippen molar-refractivity contribution in [2.75, 3.05) is 0 Å². The zero-order chi connectivity index (χ0) is 16.0. The van der Waals surface area contributed by atoms with Crippen molar-refractivity contribution in [2.24, 2.45) is 0 Å². The highest BCUT2D eigenvalue weighted by Gasteiger charge is 2.17. The van der Waals surface area contributed by atoms with E-state index >= 15 is 0 Å². The number of nitrogens with zero attached hydrogens (tertiary/aromatic N) is 4. The van der Waals surface area contributed by atoms with Crippen molar-refractivity contribution in [3.05, 3.63) is 68.2 Å². The summed E-state index contributed by atoms with van der Waals surface area (Å²) in [6, 6.07) is 11.5. The minimum Gasteiger partial charge on any atom is -0.271 e. The average molecular weight is 326 g/mol. The monoisotopic (exact) mass is 326 g/mol. The molecular weight excluding hydrogens is 312 g/mol. The van der Waals surface area contributed by atoms with Crippen LogP contribution in [0, 0.1) is 0 Å². The first-order valence-corrected chi connectivity index (χ1v) is 8.22. The quantitative estimate of drug-likeness (QED) is 0.578. The molecule has 0 saturated heterocycles. The first kappa shape index (κ1) is 14.0. The molecule has 6 nitrogen and oxygen atoms in total. The molecule has 0 fully saturated rings. The first-order chi connectivity index (χ1) is 11.2. The van der Waals surface area contributed by atoms with E-state index in [2.05, 4.69) is 5.10 Å². The number of benzene rings is 1. The summed E-state index contributed by atoms with van der Waals surface area (Å²) in [5.74, 6) is 0.386. The Morgan fingerprint density at radius 3 is 2.65 bits per heavy atom. The van der Waals surface area contributed by atoms with Crippen LogP contribution in [0.15, 0.2) is 51.4 Å². The number of aromatic nitrogens is 4. The van der Waals surface area contributed by atoms with E-state index in [0.717, 1.165) is 5.56 Å². The van der Waals surface area contributed by atoms with Crippen LogP contribution in [-0.2, 0) is 13.1 Å². The van der Waals surface area contributed by atoms with E-state index in [1.165, 1.54) is 20.4 Å². The van der Waals surface area contributed by atoms with Gasteiger partial charge in [0.15, 0.2) is 0 Å². The summed E-state index contributed by atoms with van der Waals surface area (Å²) in [6.07, 6.45) is 0. The number of hydrogen-bond acceptors (Lipinski definition) is 4. The standard InChI is InChI=1S/C16H14N4O2S/c1-2-19-16(22)20-12-8-9-23-13(12)14(21)18(15(20)17-19)10-11-6-4-3-5-7-11/h3-9H,2,10H2,1H3. The maximum absolute atomic E-state index is 12.8. The Morgan fingerprint density at radius 1 is 1.13 bits per heavy atom. The Morgan fingerprint density at radius 2 is 1.91 bits per heavy atom. The lowest BCUT2D eigenvalue weighted by Gasteiger charge is -2.07. The fourth-order valence-electron chi connectivity index (χ4n) is 2.75. The van der Waals surface area contributed by atoms with Gasteiger partial charge in [-0.25, -0.2) is 13.9 Å². The highest BCUT2D eigenvalue weighted by atomic mass is 32.1. The fraction of sp³-hybridized carbons (Fsp3) is 0.188. The van der Waals surface area contributed by atoms with Crippen molar-refractivity contribution < 1.29 is 0 Å². The Hall–Kier alpha value is -2.67. The third-order valence-electron chi connectivity index (χ3n) is 3.87. The van der Waals surface area contributed by atoms with Crippen LogP contribution in [-0.4, -0.2) is 18.7 Å². The molecule has 0 aliphatic rings. The summed E-state index contributed by atoms with van der Waals surface area (Å²) in [7, 11) is 0. The molecule has 0 radical (unpaired) electrons. The summed E-state index contributed by atoms with van der Waals surface area (Å²) in [6.45, 7) is 2.71. The molecule has 0 bridgehead atoms. The smallest absolute Gasteiger partial charge is 0.271 e. The Kier molecular flexibility index (Phi) is 3.16. The minimum absolute atomic E-state index is 0.111. The lowest BCUT2D eigenvalue weighted by Crippen LogP contribution is -2.25. The van der Waals surface area contributed by atoms with Crippen molar-refractivity contribution >= 4 is 27.3 Å². The van der Waals surface area contributed by atoms with E-state index < -0.39 is 0 Å². The topological polar surface area (TPSA) is 61.3 Å². The summed E-state index contributed by atoms with van der Waals surface area (Å²) < 4.78 is 5.06. The van der Waals surface area contributed by atoms with Crippen LogP contribution in [0.2, 0.25) is 0 Å². The molecule has 3 aromatic heterocycles. The molecule has 116 valence electrons. The summed E-state index contributed by atoms with van der Waals surface area (Å²) in [5, 5.41) is 6.18. The van der Waals surface area contributed by atoms with Gasteiger partial charge in [-0.1, -0.05) is 30.3 Å². The zero-order valence-electron chi connectivity index (χ0n) is 12.5. The highest BCUT2D eigenvalue weighted by molar-refractivity contribution is 7.17. The molecule has 0 saturated carbocycles. The predicted molar refractivity (Wildman–Crippen MR) is 90.3 cm³/mol. The maximum atomic E-state index is 12.8. The number of fused-ring (bicyclic) bond motifs is 3. The molecule has 0 spiro atoms. The Balaban J connectivity index is 2.10. The second-order valence-electron chi connectivity index (χ2n) is 5.25. The SMILES string of the molecule is CCn1nc2n(Cc3ccccc3)c(=O)c3sccc3n2c1=O. The van der Waals surface area contributed by atoms with Gasteiger partial charge in [0.25, 0.3) is 5.56 Å². The summed E-state index contributed by atoms with van der Waals surface area (Å²) in [4.78, 5) is 25.4. The molecule has 1 aromatic carbocycles. The molecule has 0 aliphatic carbocycles. The van der Waals surface area contributed by atoms with E-state index in [-0.39, 0.29) is 11.2 Å². The first-order valence-electron chi connectivity index (χ1n) is 7.34. The van der Waals surface area contributed by atoms with E-state index in [1.807, 2.05) is 42.6 Å². The zero-order valence-corrected chi connectivity index (χ0v) is 13.3. The molecule has 23 heavy (non-hydrogen) atoms. The number of thiophene rings is 1. The van der Waals surface area contributed by atoms with Gasteiger partial charge in [0.2, 0.25) is 5.78 Å². The van der Waals surface area contributed by atoms with E-state index in [4.69, 9.17) is 0 Å². The van der Waals surface area contributed by atoms with Gasteiger partial charge >= 0.3 is 5.69 Å². The van der Waals surface area contributed by atoms with Gasteiger partial charge in [-0.15, -0.1) is 16.4 Å². The molecule has 4 aromatic rings. The third-order valence-corrected chi connectivity index (χ3v) is 4.76. The van der Waals surface area contributed by atoms with Gasteiger partial charge in [0.05, 0.1) is 12.1 Å². The molecule has 4 rings (SSSR count). The lowest BCUT2D eigenvalue weighted by atomic mass is 10.2. The van der Waals surface area contributed by atoms with Crippen LogP contribution in [0.25, 0.3) is 16.0 Å². The minimum atomic E-state index is -0.215. The van der Waals surface area contributed by atoms with Crippen molar-refractivity contribution in [3.8, 4) is 0 Å². The molecule has 0 atom stereocenters. The van der Waals surface area contributed by atoms with Crippen molar-refractivity contribution in [3.63, 3.8) is 0 Å². The second kappa shape index (κ2) is 5.20. The van der Waals surface area contributed by atoms with Crippen molar-refractivity contribution in [1.82, 2.24) is 18.7 Å². The number of aryl methyl sites for hydroxylation is 1. The molecule has 7 heteroatoms. The third kappa shape index (κ3) is 2.04.